The lowest BCUT2D eigenvalue weighted by atomic mass is 9.96. The Morgan fingerprint density at radius 1 is 1.14 bits per heavy atom. The van der Waals surface area contributed by atoms with E-state index in [0.717, 1.165) is 41.3 Å². The molecule has 0 spiro atoms. The molecule has 1 N–H and O–H groups in total. The molecule has 0 unspecified atom stereocenters. The van der Waals surface area contributed by atoms with E-state index >= 15 is 0 Å². The molecule has 1 heterocycles. The van der Waals surface area contributed by atoms with Crippen molar-refractivity contribution in [3.63, 3.8) is 0 Å². The molecule has 0 amide bonds. The number of benzene rings is 2. The second-order valence-electron chi connectivity index (χ2n) is 8.13. The van der Waals surface area contributed by atoms with Crippen LogP contribution in [-0.2, 0) is 18.4 Å². The minimum atomic E-state index is -0.922. The van der Waals surface area contributed by atoms with E-state index in [1.165, 1.54) is 0 Å². The van der Waals surface area contributed by atoms with Gasteiger partial charge in [0.2, 0.25) is 0 Å². The molecule has 0 saturated heterocycles. The van der Waals surface area contributed by atoms with Gasteiger partial charge >= 0.3 is 5.97 Å². The number of carboxylic acids is 1. The smallest absolute Gasteiger partial charge is 0.336 e. The second kappa shape index (κ2) is 8.43. The Hall–Kier alpha value is -3.21. The highest BCUT2D eigenvalue weighted by molar-refractivity contribution is 5.95. The SMILES string of the molecule is C=CCCn1nc(C(C)(C)C)nc1Cc1ccc(-c2ccccc2C(=O)O)cc1. The summed E-state index contributed by atoms with van der Waals surface area (Å²) in [7, 11) is 0. The molecule has 0 saturated carbocycles. The standard InChI is InChI=1S/C24H27N3O2/c1-5-6-15-27-21(25-23(26-27)24(2,3)4)16-17-11-13-18(14-12-17)19-9-7-8-10-20(19)22(28)29/h5,7-14H,1,6,15-16H2,2-4H3,(H,28,29). The van der Waals surface area contributed by atoms with Gasteiger partial charge in [0.25, 0.3) is 0 Å². The largest absolute Gasteiger partial charge is 0.478 e. The van der Waals surface area contributed by atoms with E-state index in [4.69, 9.17) is 10.1 Å². The fourth-order valence-corrected chi connectivity index (χ4v) is 3.12. The third-order valence-electron chi connectivity index (χ3n) is 4.75. The van der Waals surface area contributed by atoms with Gasteiger partial charge in [0.1, 0.15) is 5.82 Å². The molecule has 3 rings (SSSR count). The van der Waals surface area contributed by atoms with Gasteiger partial charge < -0.3 is 5.11 Å². The summed E-state index contributed by atoms with van der Waals surface area (Å²) in [6.45, 7) is 10.9. The topological polar surface area (TPSA) is 68.0 Å². The van der Waals surface area contributed by atoms with Gasteiger partial charge in [0.05, 0.1) is 5.56 Å². The summed E-state index contributed by atoms with van der Waals surface area (Å²) in [6.07, 6.45) is 3.39. The molecule has 0 radical (unpaired) electrons. The number of hydrogen-bond acceptors (Lipinski definition) is 3. The molecular formula is C24H27N3O2. The Morgan fingerprint density at radius 3 is 2.45 bits per heavy atom. The first-order valence-corrected chi connectivity index (χ1v) is 9.76. The average molecular weight is 389 g/mol. The number of aromatic nitrogens is 3. The van der Waals surface area contributed by atoms with Crippen molar-refractivity contribution in [2.45, 2.75) is 45.6 Å². The van der Waals surface area contributed by atoms with Crippen LogP contribution in [0.2, 0.25) is 0 Å². The number of hydrogen-bond donors (Lipinski definition) is 1. The maximum absolute atomic E-state index is 11.5. The molecule has 5 nitrogen and oxygen atoms in total. The molecule has 0 aliphatic rings. The maximum Gasteiger partial charge on any atom is 0.336 e. The van der Waals surface area contributed by atoms with Crippen LogP contribution >= 0.6 is 0 Å². The van der Waals surface area contributed by atoms with Crippen LogP contribution in [0.15, 0.2) is 61.2 Å². The fraction of sp³-hybridized carbons (Fsp3) is 0.292. The predicted molar refractivity (Wildman–Crippen MR) is 115 cm³/mol. The van der Waals surface area contributed by atoms with Crippen LogP contribution < -0.4 is 0 Å². The quantitative estimate of drug-likeness (QED) is 0.570. The lowest BCUT2D eigenvalue weighted by molar-refractivity contribution is 0.0697. The highest BCUT2D eigenvalue weighted by atomic mass is 16.4. The molecule has 0 fully saturated rings. The minimum Gasteiger partial charge on any atom is -0.478 e. The van der Waals surface area contributed by atoms with Crippen molar-refractivity contribution < 1.29 is 9.90 Å². The summed E-state index contributed by atoms with van der Waals surface area (Å²) in [5.74, 6) is 0.841. The van der Waals surface area contributed by atoms with Crippen molar-refractivity contribution in [3.05, 3.63) is 84.0 Å². The summed E-state index contributed by atoms with van der Waals surface area (Å²) in [6, 6.07) is 15.0. The highest BCUT2D eigenvalue weighted by Crippen LogP contribution is 2.25. The van der Waals surface area contributed by atoms with Gasteiger partial charge in [-0.15, -0.1) is 6.58 Å². The molecule has 5 heteroatoms. The first-order chi connectivity index (χ1) is 13.8. The summed E-state index contributed by atoms with van der Waals surface area (Å²) in [4.78, 5) is 16.3. The number of rotatable bonds is 7. The molecule has 0 aliphatic heterocycles. The lowest BCUT2D eigenvalue weighted by Crippen LogP contribution is -2.14. The van der Waals surface area contributed by atoms with Gasteiger partial charge in [-0.3, -0.25) is 0 Å². The minimum absolute atomic E-state index is 0.113. The molecule has 2 aromatic carbocycles. The van der Waals surface area contributed by atoms with Crippen molar-refractivity contribution >= 4 is 5.97 Å². The summed E-state index contributed by atoms with van der Waals surface area (Å²) < 4.78 is 1.97. The van der Waals surface area contributed by atoms with Crippen LogP contribution in [0.4, 0.5) is 0 Å². The van der Waals surface area contributed by atoms with Crippen LogP contribution in [0.3, 0.4) is 0 Å². The number of carbonyl (C=O) groups is 1. The van der Waals surface area contributed by atoms with E-state index in [2.05, 4.69) is 27.4 Å². The zero-order valence-corrected chi connectivity index (χ0v) is 17.2. The molecule has 0 aliphatic carbocycles. The van der Waals surface area contributed by atoms with Crippen LogP contribution in [0.5, 0.6) is 0 Å². The summed E-state index contributed by atoms with van der Waals surface area (Å²) in [5, 5.41) is 14.1. The third kappa shape index (κ3) is 4.80. The Labute approximate surface area is 171 Å². The van der Waals surface area contributed by atoms with Crippen LogP contribution in [-0.4, -0.2) is 25.8 Å². The van der Waals surface area contributed by atoms with E-state index in [0.29, 0.717) is 12.0 Å². The van der Waals surface area contributed by atoms with Crippen LogP contribution in [0.25, 0.3) is 11.1 Å². The Morgan fingerprint density at radius 2 is 1.83 bits per heavy atom. The van der Waals surface area contributed by atoms with Crippen molar-refractivity contribution in [2.75, 3.05) is 0 Å². The van der Waals surface area contributed by atoms with E-state index < -0.39 is 5.97 Å². The molecule has 0 atom stereocenters. The molecule has 0 bridgehead atoms. The first-order valence-electron chi connectivity index (χ1n) is 9.76. The molecule has 1 aromatic heterocycles. The number of aromatic carboxylic acids is 1. The van der Waals surface area contributed by atoms with Crippen LogP contribution in [0, 0.1) is 0 Å². The number of allylic oxidation sites excluding steroid dienone is 1. The van der Waals surface area contributed by atoms with E-state index in [1.54, 1.807) is 12.1 Å². The van der Waals surface area contributed by atoms with Gasteiger partial charge in [0, 0.05) is 18.4 Å². The zero-order valence-electron chi connectivity index (χ0n) is 17.2. The normalized spacial score (nSPS) is 11.4. The Bertz CT molecular complexity index is 1010. The second-order valence-corrected chi connectivity index (χ2v) is 8.13. The van der Waals surface area contributed by atoms with Crippen molar-refractivity contribution in [1.29, 1.82) is 0 Å². The number of nitrogens with zero attached hydrogens (tertiary/aromatic N) is 3. The maximum atomic E-state index is 11.5. The van der Waals surface area contributed by atoms with Gasteiger partial charge in [0.15, 0.2) is 5.82 Å². The van der Waals surface area contributed by atoms with Crippen molar-refractivity contribution in [1.82, 2.24) is 14.8 Å². The van der Waals surface area contributed by atoms with Crippen LogP contribution in [0.1, 0.15) is 54.8 Å². The number of carboxylic acid groups (broad SMARTS) is 1. The molecule has 150 valence electrons. The molecular weight excluding hydrogens is 362 g/mol. The average Bonchev–Trinajstić information content (AvgIpc) is 3.10. The van der Waals surface area contributed by atoms with Crippen molar-refractivity contribution in [2.24, 2.45) is 0 Å². The van der Waals surface area contributed by atoms with Gasteiger partial charge in [-0.25, -0.2) is 14.5 Å². The Kier molecular flexibility index (Phi) is 5.97. The lowest BCUT2D eigenvalue weighted by Gasteiger charge is -2.12. The third-order valence-corrected chi connectivity index (χ3v) is 4.75. The summed E-state index contributed by atoms with van der Waals surface area (Å²) >= 11 is 0. The molecule has 29 heavy (non-hydrogen) atoms. The molecule has 3 aromatic rings. The van der Waals surface area contributed by atoms with E-state index in [-0.39, 0.29) is 5.41 Å². The zero-order chi connectivity index (χ0) is 21.0. The van der Waals surface area contributed by atoms with E-state index in [1.807, 2.05) is 47.2 Å². The van der Waals surface area contributed by atoms with Gasteiger partial charge in [-0.2, -0.15) is 5.10 Å². The first kappa shape index (κ1) is 20.5. The Balaban J connectivity index is 1.88. The number of aryl methyl sites for hydroxylation is 1. The highest BCUT2D eigenvalue weighted by Gasteiger charge is 2.21. The summed E-state index contributed by atoms with van der Waals surface area (Å²) in [5.41, 5.74) is 2.90. The van der Waals surface area contributed by atoms with Gasteiger partial charge in [-0.1, -0.05) is 69.3 Å². The predicted octanol–water partition coefficient (Wildman–Crippen LogP) is 5.11. The van der Waals surface area contributed by atoms with Crippen molar-refractivity contribution in [3.8, 4) is 11.1 Å². The fourth-order valence-electron chi connectivity index (χ4n) is 3.12. The monoisotopic (exact) mass is 389 g/mol. The van der Waals surface area contributed by atoms with Gasteiger partial charge in [-0.05, 0) is 29.2 Å². The van der Waals surface area contributed by atoms with E-state index in [9.17, 15) is 9.90 Å².